The molecule has 16 heteroatoms. The van der Waals surface area contributed by atoms with Crippen molar-refractivity contribution < 1.29 is 95.1 Å². The van der Waals surface area contributed by atoms with E-state index >= 15 is 13.2 Å². The molecule has 0 radical (unpaired) electrons. The number of nitrogens with two attached hydrogens (primary N) is 1. The first kappa shape index (κ1) is 12.9. The Labute approximate surface area is 373 Å². The predicted molar refractivity (Wildman–Crippen MR) is 184 cm³/mol. The molecular weight excluding hydrogens is 700 g/mol. The number of nitrogens with one attached hydrogen (secondary N) is 2. The summed E-state index contributed by atoms with van der Waals surface area (Å²) in [5, 5.41) is 1.68. The minimum Gasteiger partial charge on any atom is -0.790 e. The van der Waals surface area contributed by atoms with Crippen molar-refractivity contribution >= 4 is 73.3 Å². The molecule has 0 saturated heterocycles. The van der Waals surface area contributed by atoms with Gasteiger partial charge in [-0.3, -0.25) is 4.79 Å². The summed E-state index contributed by atoms with van der Waals surface area (Å²) in [6.07, 6.45) is -20.8. The van der Waals surface area contributed by atoms with Crippen LogP contribution in [-0.4, -0.2) is 101 Å². The Kier molecular flexibility index (Phi) is 5.34. The summed E-state index contributed by atoms with van der Waals surface area (Å²) >= 11 is 0. The topological polar surface area (TPSA) is 203 Å². The second kappa shape index (κ2) is 20.4. The molecular formula is C33H43CaN4O9PS. The molecule has 0 unspecified atom stereocenters. The van der Waals surface area contributed by atoms with Crippen LogP contribution in [0.1, 0.15) is 103 Å². The number of carbonyl (C=O) groups excluding carboxylic acids is 2. The number of sulfonamides is 1. The van der Waals surface area contributed by atoms with E-state index in [9.17, 15) is 23.3 Å². The van der Waals surface area contributed by atoms with Gasteiger partial charge in [-0.1, -0.05) is 80.5 Å². The van der Waals surface area contributed by atoms with Gasteiger partial charge in [0.1, 0.15) is 6.02 Å². The first-order chi connectivity index (χ1) is 38.1. The van der Waals surface area contributed by atoms with E-state index in [4.69, 9.17) is 55.1 Å². The Bertz CT molecular complexity index is 3300. The molecule has 0 aliphatic rings. The van der Waals surface area contributed by atoms with Crippen LogP contribution < -0.4 is 26.2 Å². The summed E-state index contributed by atoms with van der Waals surface area (Å²) in [4.78, 5) is 50.6. The Morgan fingerprint density at radius 2 is 1.61 bits per heavy atom. The van der Waals surface area contributed by atoms with Gasteiger partial charge in [0.25, 0.3) is 0 Å². The fourth-order valence-corrected chi connectivity index (χ4v) is 4.12. The second-order valence-electron chi connectivity index (χ2n) is 7.71. The number of amides is 2. The molecule has 3 aromatic rings. The molecule has 4 N–H and O–H groups in total. The van der Waals surface area contributed by atoms with Crippen LogP contribution in [0.4, 0.5) is 10.5 Å². The van der Waals surface area contributed by atoms with Crippen molar-refractivity contribution in [2.24, 2.45) is 5.89 Å². The molecule has 2 amide bonds. The maximum Gasteiger partial charge on any atom is 2.00 e. The SMILES string of the molecule is [2H]c1c([2H])c([2H])c(C([2H])(c2c([2H])c([2H])c([2H])c([2H])c2[2H])[C@@]([2H])(NC(=O)OC([2H])([2H])[2H])C(=O)NC([2H])([2H])C([2H])([2H])C([2H])([2H])C([2H])([2H])[C@]([2H])(N(C([2H])([2H])C([2H])(C([2H])([2H])[2H])C([2H])([2H])[2H])S(=O)(=O)c2c([2H])c([2H])c(N)c([2H])c2[2H])C([2H])([2H])OP(=O)([O-])[O-])c([2H])c1[2H].[Ca+2]. The standard InChI is InChI=1S/C33H45N4O9PS.Ca/c1-24(2)22-37(48(43,44)29-19-17-27(34)18-20-29)28(23-46-47(40,41)42)16-10-11-21-35-32(38)31(36-33(39)45-3)30(25-12-6-4-7-13-25)26-14-8-5-9-15-26;/h4-9,12-15,17-20,24,28,30-31H,10-11,16,21-23,34H2,1-3H3,(H,35,38)(H,36,39)(H2,40,41,42);/q;+2/p-2/t28-,31+;/m0./s1/i1D3,2D3,3D3,4D,5D,6D,7D,8D,9D,10D2,11D2,12D,13D,14D,15D,16D2,17D,18D,19D,20D,21D2,22D2,23D2,24D,28D,30D,31D;. The third-order valence-electron chi connectivity index (χ3n) is 4.57. The van der Waals surface area contributed by atoms with Crippen molar-refractivity contribution in [2.75, 3.05) is 32.3 Å². The quantitative estimate of drug-likeness (QED) is 0.0978. The average molecular weight is 782 g/mol. The van der Waals surface area contributed by atoms with Gasteiger partial charge in [0.15, 0.2) is 0 Å². The van der Waals surface area contributed by atoms with Gasteiger partial charge in [-0.2, -0.15) is 4.31 Å². The van der Waals surface area contributed by atoms with Gasteiger partial charge < -0.3 is 40.0 Å². The van der Waals surface area contributed by atoms with E-state index in [1.165, 1.54) is 0 Å². The maximum absolute atomic E-state index is 15.3. The van der Waals surface area contributed by atoms with E-state index in [0.717, 1.165) is 5.32 Å². The third-order valence-corrected chi connectivity index (χ3v) is 6.36. The molecule has 0 aromatic heterocycles. The van der Waals surface area contributed by atoms with Gasteiger partial charge in [-0.05, 0) is 53.9 Å². The Morgan fingerprint density at radius 1 is 1.02 bits per heavy atom. The number of hydrogen-bond donors (Lipinski definition) is 3. The minimum absolute atomic E-state index is 0. The van der Waals surface area contributed by atoms with E-state index < -0.39 is 224 Å². The zero-order valence-electron chi connectivity index (χ0n) is 62.8. The molecule has 49 heavy (non-hydrogen) atoms. The number of ether oxygens (including phenoxy) is 1. The van der Waals surface area contributed by atoms with Crippen molar-refractivity contribution in [1.29, 1.82) is 0 Å². The molecule has 262 valence electrons. The van der Waals surface area contributed by atoms with Crippen LogP contribution in [0.15, 0.2) is 89.5 Å². The van der Waals surface area contributed by atoms with Gasteiger partial charge in [0, 0.05) is 55.3 Å². The number of phosphoric ester groups is 1. The van der Waals surface area contributed by atoms with Gasteiger partial charge in [-0.15, -0.1) is 0 Å². The van der Waals surface area contributed by atoms with Crippen LogP contribution >= 0.6 is 7.82 Å². The van der Waals surface area contributed by atoms with Crippen LogP contribution in [0, 0.1) is 5.89 Å². The zero-order valence-corrected chi connectivity index (χ0v) is 27.7. The van der Waals surface area contributed by atoms with E-state index in [1.807, 2.05) is 0 Å². The van der Waals surface area contributed by atoms with Gasteiger partial charge in [0.2, 0.25) is 15.9 Å². The predicted octanol–water partition coefficient (Wildman–Crippen LogP) is 2.59. The number of rotatable bonds is 18. The number of phosphoric acid groups is 1. The molecule has 0 saturated carbocycles. The smallest absolute Gasteiger partial charge is 0.790 e. The molecule has 0 aliphatic heterocycles. The van der Waals surface area contributed by atoms with E-state index in [1.54, 1.807) is 0 Å². The number of anilines is 1. The number of methoxy groups -OCH3 is 1. The molecule has 2 atom stereocenters. The summed E-state index contributed by atoms with van der Waals surface area (Å²) < 4.78 is 378. The molecule has 3 rings (SSSR count). The van der Waals surface area contributed by atoms with Crippen LogP contribution in [0.2, 0.25) is 0 Å². The Balaban J connectivity index is 0.0000264. The normalized spacial score (nSPS) is 28.8. The molecule has 0 bridgehead atoms. The van der Waals surface area contributed by atoms with Crippen LogP contribution in [0.5, 0.6) is 0 Å². The zero-order chi connectivity index (χ0) is 69.5. The molecule has 0 spiro atoms. The largest absolute Gasteiger partial charge is 2.00 e. The van der Waals surface area contributed by atoms with Crippen molar-refractivity contribution in [3.8, 4) is 0 Å². The first-order valence-corrected chi connectivity index (χ1v) is 14.6. The third kappa shape index (κ3) is 13.6. The van der Waals surface area contributed by atoms with Crippen molar-refractivity contribution in [1.82, 2.24) is 14.9 Å². The Hall–Kier alpha value is -2.52. The molecule has 0 fully saturated rings. The second-order valence-corrected chi connectivity index (χ2v) is 10.5. The maximum atomic E-state index is 15.3. The summed E-state index contributed by atoms with van der Waals surface area (Å²) in [5.41, 5.74) is 0.120. The molecule has 0 heterocycles. The number of benzene rings is 3. The number of hydrogen-bond acceptors (Lipinski definition) is 10. The number of nitrogens with zero attached hydrogens (tertiary/aromatic N) is 1. The van der Waals surface area contributed by atoms with Gasteiger partial charge >= 0.3 is 43.8 Å². The first-order valence-electron chi connectivity index (χ1n) is 31.2. The van der Waals surface area contributed by atoms with Crippen molar-refractivity contribution in [3.63, 3.8) is 0 Å². The summed E-state index contributed by atoms with van der Waals surface area (Å²) in [5.74, 6) is -13.5. The average Bonchev–Trinajstić information content (AvgIpc) is 3.31. The number of carbonyl (C=O) groups is 2. The van der Waals surface area contributed by atoms with Gasteiger partial charge in [-0.25, -0.2) is 13.2 Å². The summed E-state index contributed by atoms with van der Waals surface area (Å²) in [6, 6.07) is -36.2. The van der Waals surface area contributed by atoms with Gasteiger partial charge in [0.05, 0.1) is 55.1 Å². The monoisotopic (exact) mass is 781 g/mol. The fourth-order valence-electron chi connectivity index (χ4n) is 2.84. The Morgan fingerprint density at radius 3 is 2.14 bits per heavy atom. The molecule has 0 aliphatic carbocycles. The molecule has 3 aromatic carbocycles. The van der Waals surface area contributed by atoms with Crippen LogP contribution in [0.25, 0.3) is 0 Å². The summed E-state index contributed by atoms with van der Waals surface area (Å²) in [7, 11) is -19.5. The van der Waals surface area contributed by atoms with Crippen LogP contribution in [0.3, 0.4) is 0 Å². The van der Waals surface area contributed by atoms with Crippen molar-refractivity contribution in [2.45, 2.75) is 55.6 Å². The summed E-state index contributed by atoms with van der Waals surface area (Å²) in [6.45, 7) is -27.6. The van der Waals surface area contributed by atoms with Crippen LogP contribution in [-0.2, 0) is 28.6 Å². The van der Waals surface area contributed by atoms with E-state index in [0.29, 0.717) is 5.32 Å². The number of nitrogen functional groups attached to an aromatic ring is 1. The van der Waals surface area contributed by atoms with Crippen molar-refractivity contribution in [3.05, 3.63) is 95.7 Å². The number of alkyl carbamates (subject to hydrolysis) is 1. The minimum atomic E-state index is -7.77. The molecule has 13 nitrogen and oxygen atoms in total. The van der Waals surface area contributed by atoms with E-state index in [2.05, 4.69) is 9.26 Å². The van der Waals surface area contributed by atoms with E-state index in [-0.39, 0.29) is 37.7 Å². The fraction of sp³-hybridized carbons (Fsp3) is 0.394.